The zero-order valence-electron chi connectivity index (χ0n) is 10.8. The van der Waals surface area contributed by atoms with Gasteiger partial charge in [-0.3, -0.25) is 0 Å². The third-order valence-corrected chi connectivity index (χ3v) is 2.69. The first kappa shape index (κ1) is 12.7. The number of nitrogens with zero attached hydrogens (tertiary/aromatic N) is 2. The molecule has 4 nitrogen and oxygen atoms in total. The summed E-state index contributed by atoms with van der Waals surface area (Å²) >= 11 is 0. The molecule has 1 aromatic heterocycles. The molecule has 0 radical (unpaired) electrons. The Morgan fingerprint density at radius 2 is 1.81 bits per heavy atom. The van der Waals surface area contributed by atoms with Crippen molar-refractivity contribution >= 4 is 11.6 Å². The molecule has 0 saturated carbocycles. The van der Waals surface area contributed by atoms with E-state index in [1.807, 2.05) is 7.05 Å². The van der Waals surface area contributed by atoms with Crippen molar-refractivity contribution in [2.75, 3.05) is 17.7 Å². The van der Waals surface area contributed by atoms with Gasteiger partial charge in [0, 0.05) is 18.7 Å². The molecule has 1 heterocycles. The summed E-state index contributed by atoms with van der Waals surface area (Å²) in [6.07, 6.45) is 2.68. The van der Waals surface area contributed by atoms with Crippen LogP contribution in [0, 0.1) is 0 Å². The molecule has 0 aliphatic carbocycles. The summed E-state index contributed by atoms with van der Waals surface area (Å²) in [5.41, 5.74) is 1.16. The van der Waals surface area contributed by atoms with Crippen molar-refractivity contribution in [1.82, 2.24) is 9.97 Å². The van der Waals surface area contributed by atoms with Gasteiger partial charge >= 0.3 is 0 Å². The fourth-order valence-electron chi connectivity index (χ4n) is 1.59. The first-order valence-electron chi connectivity index (χ1n) is 5.89. The van der Waals surface area contributed by atoms with Crippen LogP contribution in [0.15, 0.2) is 6.33 Å². The molecule has 0 saturated heterocycles. The number of nitrogens with one attached hydrogen (secondary N) is 2. The van der Waals surface area contributed by atoms with Crippen LogP contribution in [0.5, 0.6) is 0 Å². The minimum Gasteiger partial charge on any atom is -0.373 e. The van der Waals surface area contributed by atoms with Gasteiger partial charge in [0.05, 0.1) is 0 Å². The number of hydrogen-bond acceptors (Lipinski definition) is 4. The molecular weight excluding hydrogens is 200 g/mol. The monoisotopic (exact) mass is 222 g/mol. The van der Waals surface area contributed by atoms with Crippen LogP contribution in [0.2, 0.25) is 0 Å². The first-order chi connectivity index (χ1) is 7.60. The van der Waals surface area contributed by atoms with Gasteiger partial charge in [-0.2, -0.15) is 0 Å². The smallest absolute Gasteiger partial charge is 0.135 e. The van der Waals surface area contributed by atoms with E-state index in [4.69, 9.17) is 0 Å². The molecule has 0 spiro atoms. The van der Waals surface area contributed by atoms with E-state index in [2.05, 4.69) is 48.3 Å². The number of anilines is 2. The maximum absolute atomic E-state index is 4.33. The Kier molecular flexibility index (Phi) is 4.52. The summed E-state index contributed by atoms with van der Waals surface area (Å²) in [7, 11) is 1.89. The predicted octanol–water partition coefficient (Wildman–Crippen LogP) is 2.85. The van der Waals surface area contributed by atoms with Crippen molar-refractivity contribution in [1.29, 1.82) is 0 Å². The number of aromatic nitrogens is 2. The van der Waals surface area contributed by atoms with E-state index in [0.29, 0.717) is 12.0 Å². The third kappa shape index (κ3) is 2.84. The summed E-state index contributed by atoms with van der Waals surface area (Å²) in [4.78, 5) is 8.58. The molecule has 0 aromatic carbocycles. The standard InChI is InChI=1S/C12H22N4/c1-6-9(4)16-12-10(8(2)3)11(13-5)14-7-15-12/h7-9H,6H2,1-5H3,(H2,13,14,15,16). The lowest BCUT2D eigenvalue weighted by Gasteiger charge is -2.19. The second-order valence-electron chi connectivity index (χ2n) is 4.34. The van der Waals surface area contributed by atoms with Gasteiger partial charge in [0.1, 0.15) is 18.0 Å². The lowest BCUT2D eigenvalue weighted by molar-refractivity contribution is 0.748. The van der Waals surface area contributed by atoms with Crippen LogP contribution in [0.3, 0.4) is 0 Å². The van der Waals surface area contributed by atoms with Crippen LogP contribution in [0.4, 0.5) is 11.6 Å². The van der Waals surface area contributed by atoms with Crippen molar-refractivity contribution in [2.24, 2.45) is 0 Å². The minimum absolute atomic E-state index is 0.398. The van der Waals surface area contributed by atoms with E-state index in [1.165, 1.54) is 0 Å². The Labute approximate surface area is 97.9 Å². The molecule has 2 N–H and O–H groups in total. The average molecular weight is 222 g/mol. The molecule has 16 heavy (non-hydrogen) atoms. The Morgan fingerprint density at radius 3 is 2.31 bits per heavy atom. The molecule has 0 aliphatic heterocycles. The minimum atomic E-state index is 0.398. The van der Waals surface area contributed by atoms with Crippen molar-refractivity contribution in [3.05, 3.63) is 11.9 Å². The SMILES string of the molecule is CCC(C)Nc1ncnc(NC)c1C(C)C. The number of rotatable bonds is 5. The number of hydrogen-bond donors (Lipinski definition) is 2. The van der Waals surface area contributed by atoms with Crippen LogP contribution >= 0.6 is 0 Å². The van der Waals surface area contributed by atoms with Crippen LogP contribution in [-0.2, 0) is 0 Å². The summed E-state index contributed by atoms with van der Waals surface area (Å²) in [6.45, 7) is 8.63. The van der Waals surface area contributed by atoms with E-state index in [9.17, 15) is 0 Å². The Hall–Kier alpha value is -1.32. The van der Waals surface area contributed by atoms with Gasteiger partial charge in [-0.15, -0.1) is 0 Å². The highest BCUT2D eigenvalue weighted by atomic mass is 15.1. The van der Waals surface area contributed by atoms with Gasteiger partial charge in [0.2, 0.25) is 0 Å². The quantitative estimate of drug-likeness (QED) is 0.804. The van der Waals surface area contributed by atoms with Crippen LogP contribution in [0.1, 0.15) is 45.6 Å². The summed E-state index contributed by atoms with van der Waals surface area (Å²) in [5.74, 6) is 2.26. The molecule has 0 bridgehead atoms. The van der Waals surface area contributed by atoms with Crippen molar-refractivity contribution < 1.29 is 0 Å². The molecule has 0 aliphatic rings. The summed E-state index contributed by atoms with van der Waals surface area (Å²) in [5, 5.41) is 6.54. The highest BCUT2D eigenvalue weighted by Crippen LogP contribution is 2.28. The molecule has 1 unspecified atom stereocenters. The van der Waals surface area contributed by atoms with Crippen molar-refractivity contribution in [3.63, 3.8) is 0 Å². The van der Waals surface area contributed by atoms with E-state index < -0.39 is 0 Å². The molecule has 0 amide bonds. The second kappa shape index (κ2) is 5.68. The predicted molar refractivity (Wildman–Crippen MR) is 69.0 cm³/mol. The van der Waals surface area contributed by atoms with E-state index >= 15 is 0 Å². The van der Waals surface area contributed by atoms with Gasteiger partial charge in [0.15, 0.2) is 0 Å². The van der Waals surface area contributed by atoms with Crippen molar-refractivity contribution in [3.8, 4) is 0 Å². The van der Waals surface area contributed by atoms with Crippen LogP contribution < -0.4 is 10.6 Å². The third-order valence-electron chi connectivity index (χ3n) is 2.69. The summed E-state index contributed by atoms with van der Waals surface area (Å²) < 4.78 is 0. The summed E-state index contributed by atoms with van der Waals surface area (Å²) in [6, 6.07) is 0.428. The normalized spacial score (nSPS) is 12.6. The Bertz CT molecular complexity index is 336. The van der Waals surface area contributed by atoms with E-state index in [0.717, 1.165) is 23.6 Å². The molecule has 1 atom stereocenters. The van der Waals surface area contributed by atoms with Gasteiger partial charge in [-0.1, -0.05) is 20.8 Å². The largest absolute Gasteiger partial charge is 0.373 e. The van der Waals surface area contributed by atoms with Gasteiger partial charge < -0.3 is 10.6 Å². The Balaban J connectivity index is 3.07. The first-order valence-corrected chi connectivity index (χ1v) is 5.89. The van der Waals surface area contributed by atoms with Gasteiger partial charge in [-0.25, -0.2) is 9.97 Å². The zero-order valence-corrected chi connectivity index (χ0v) is 10.8. The van der Waals surface area contributed by atoms with Crippen LogP contribution in [-0.4, -0.2) is 23.1 Å². The molecule has 0 fully saturated rings. The Morgan fingerprint density at radius 1 is 1.19 bits per heavy atom. The molecule has 1 rings (SSSR count). The van der Waals surface area contributed by atoms with E-state index in [-0.39, 0.29) is 0 Å². The molecule has 4 heteroatoms. The fourth-order valence-corrected chi connectivity index (χ4v) is 1.59. The highest BCUT2D eigenvalue weighted by Gasteiger charge is 2.14. The maximum atomic E-state index is 4.33. The molecule has 1 aromatic rings. The average Bonchev–Trinajstić information content (AvgIpc) is 2.28. The molecule has 90 valence electrons. The zero-order chi connectivity index (χ0) is 12.1. The lowest BCUT2D eigenvalue weighted by Crippen LogP contribution is -2.17. The van der Waals surface area contributed by atoms with E-state index in [1.54, 1.807) is 6.33 Å². The molecular formula is C12H22N4. The fraction of sp³-hybridized carbons (Fsp3) is 0.667. The highest BCUT2D eigenvalue weighted by molar-refractivity contribution is 5.58. The van der Waals surface area contributed by atoms with Gasteiger partial charge in [0.25, 0.3) is 0 Å². The van der Waals surface area contributed by atoms with Crippen molar-refractivity contribution in [2.45, 2.75) is 46.1 Å². The maximum Gasteiger partial charge on any atom is 0.135 e. The van der Waals surface area contributed by atoms with Gasteiger partial charge in [-0.05, 0) is 19.3 Å². The second-order valence-corrected chi connectivity index (χ2v) is 4.34. The lowest BCUT2D eigenvalue weighted by atomic mass is 10.0. The van der Waals surface area contributed by atoms with Crippen LogP contribution in [0.25, 0.3) is 0 Å². The topological polar surface area (TPSA) is 49.8 Å².